The Morgan fingerprint density at radius 3 is 2.12 bits per heavy atom. The monoisotopic (exact) mass is 865 g/mol. The van der Waals surface area contributed by atoms with Crippen molar-refractivity contribution >= 4 is 38.1 Å². The van der Waals surface area contributed by atoms with Gasteiger partial charge in [-0.2, -0.15) is 0 Å². The van der Waals surface area contributed by atoms with Crippen LogP contribution in [0.15, 0.2) is 72.6 Å². The van der Waals surface area contributed by atoms with Crippen molar-refractivity contribution in [1.82, 2.24) is 4.98 Å². The van der Waals surface area contributed by atoms with Crippen LogP contribution in [0.2, 0.25) is 0 Å². The smallest absolute Gasteiger partial charge is 0.162 e. The van der Waals surface area contributed by atoms with Gasteiger partial charge in [-0.15, -0.1) is 17.5 Å². The number of aromatic nitrogens is 1. The standard InChI is InChI=1S/C33H32NO.C13H24O2.Ir/c1-32(2,3)18-21-11-9-13-23-24-14-15-34-30-26-16-20-10-7-8-12-22(20)27(19-33(4,5)6)31(26)35-28(29(24)30)17-25(21)23;1-5-10(6-2)12(14)9-13(15)11(7-3)8-4;/h7-15,17H,18-19H2,1-6H3;9-11,14H,5-8H2,1-4H3;/q-1;;/b;12-9-;/i14D,15D;;. The zero-order valence-corrected chi connectivity index (χ0v) is 34.5. The quantitative estimate of drug-likeness (QED) is 0.0681. The number of pyridine rings is 1. The fourth-order valence-corrected chi connectivity index (χ4v) is 7.20. The maximum Gasteiger partial charge on any atom is 0.162 e. The van der Waals surface area contributed by atoms with Gasteiger partial charge in [-0.05, 0) is 83.2 Å². The molecule has 4 aromatic carbocycles. The van der Waals surface area contributed by atoms with Crippen molar-refractivity contribution < 1.29 is 37.5 Å². The van der Waals surface area contributed by atoms with Crippen LogP contribution in [0.4, 0.5) is 0 Å². The predicted molar refractivity (Wildman–Crippen MR) is 211 cm³/mol. The molecule has 0 aliphatic carbocycles. The first-order chi connectivity index (χ1) is 24.5. The second-order valence-electron chi connectivity index (χ2n) is 16.3. The topological polar surface area (TPSA) is 59.4 Å². The molecule has 2 heterocycles. The molecule has 0 saturated carbocycles. The number of hydrogen-bond acceptors (Lipinski definition) is 4. The first-order valence-corrected chi connectivity index (χ1v) is 18.5. The number of rotatable bonds is 9. The molecule has 6 rings (SSSR count). The predicted octanol–water partition coefficient (Wildman–Crippen LogP) is 13.2. The number of allylic oxidation sites excluding steroid dienone is 2. The van der Waals surface area contributed by atoms with Gasteiger partial charge >= 0.3 is 0 Å². The summed E-state index contributed by atoms with van der Waals surface area (Å²) in [4.78, 5) is 16.4. The molecule has 1 aliphatic rings. The molecule has 51 heavy (non-hydrogen) atoms. The second kappa shape index (κ2) is 16.4. The summed E-state index contributed by atoms with van der Waals surface area (Å²) in [6.07, 6.45) is 6.62. The number of carbonyl (C=O) groups is 1. The number of aliphatic hydroxyl groups is 1. The third-order valence-corrected chi connectivity index (χ3v) is 9.79. The molecule has 4 nitrogen and oxygen atoms in total. The normalized spacial score (nSPS) is 13.4. The molecule has 0 amide bonds. The first-order valence-electron chi connectivity index (χ1n) is 19.5. The summed E-state index contributed by atoms with van der Waals surface area (Å²) in [5.74, 6) is 2.04. The molecule has 0 saturated heterocycles. The van der Waals surface area contributed by atoms with Gasteiger partial charge in [-0.3, -0.25) is 9.78 Å². The van der Waals surface area contributed by atoms with E-state index in [4.69, 9.17) is 7.48 Å². The van der Waals surface area contributed by atoms with E-state index in [1.54, 1.807) is 0 Å². The molecule has 1 aliphatic heterocycles. The van der Waals surface area contributed by atoms with E-state index in [0.29, 0.717) is 11.4 Å². The van der Waals surface area contributed by atoms with Crippen LogP contribution in [0.3, 0.4) is 0 Å². The van der Waals surface area contributed by atoms with Gasteiger partial charge in [0.1, 0.15) is 5.75 Å². The molecule has 5 aromatic rings. The Labute approximate surface area is 322 Å². The molecule has 0 bridgehead atoms. The number of nitrogens with zero attached hydrogens (tertiary/aromatic N) is 1. The summed E-state index contributed by atoms with van der Waals surface area (Å²) in [5, 5.41) is 15.5. The van der Waals surface area contributed by atoms with Crippen LogP contribution in [0.25, 0.3) is 43.6 Å². The van der Waals surface area contributed by atoms with Crippen molar-refractivity contribution in [2.75, 3.05) is 0 Å². The van der Waals surface area contributed by atoms with Gasteiger partial charge in [0.2, 0.25) is 0 Å². The van der Waals surface area contributed by atoms with Crippen LogP contribution in [0.1, 0.15) is 109 Å². The fraction of sp³-hybridized carbons (Fsp3) is 0.435. The van der Waals surface area contributed by atoms with Gasteiger partial charge < -0.3 is 9.84 Å². The molecule has 273 valence electrons. The molecule has 1 aromatic heterocycles. The molecule has 0 atom stereocenters. The molecular formula is C46H56IrNO3-. The van der Waals surface area contributed by atoms with E-state index in [1.807, 2.05) is 33.8 Å². The van der Waals surface area contributed by atoms with E-state index in [1.165, 1.54) is 11.6 Å². The molecule has 0 spiro atoms. The number of fused-ring (bicyclic) bond motifs is 5. The minimum Gasteiger partial charge on any atom is -0.512 e. The maximum atomic E-state index is 11.7. The summed E-state index contributed by atoms with van der Waals surface area (Å²) >= 11 is 0. The fourth-order valence-electron chi connectivity index (χ4n) is 7.20. The number of benzene rings is 4. The van der Waals surface area contributed by atoms with Gasteiger partial charge in [0.25, 0.3) is 0 Å². The summed E-state index contributed by atoms with van der Waals surface area (Å²) in [6.45, 7) is 21.5. The van der Waals surface area contributed by atoms with E-state index < -0.39 is 0 Å². The van der Waals surface area contributed by atoms with Crippen LogP contribution in [0, 0.1) is 28.7 Å². The SMILES string of the molecule is CCC(CC)C(=O)/C=C(\O)C(CC)CC.[2H]c1nc2c3c(cc4c(CC(C)(C)C)cccc4c3c1[2H])Oc1c-2[c-]c2ccccc2c1CC(C)(C)C.[Ir]. The van der Waals surface area contributed by atoms with E-state index in [0.717, 1.165) is 87.7 Å². The number of ether oxygens (including phenoxy) is 1. The van der Waals surface area contributed by atoms with Crippen LogP contribution in [-0.4, -0.2) is 15.9 Å². The number of aliphatic hydroxyl groups excluding tert-OH is 1. The van der Waals surface area contributed by atoms with Crippen molar-refractivity contribution in [1.29, 1.82) is 0 Å². The Morgan fingerprint density at radius 1 is 0.863 bits per heavy atom. The molecule has 0 unspecified atom stereocenters. The van der Waals surface area contributed by atoms with Crippen molar-refractivity contribution in [3.63, 3.8) is 0 Å². The minimum atomic E-state index is -0.0195. The van der Waals surface area contributed by atoms with Gasteiger partial charge in [0.15, 0.2) is 5.78 Å². The Kier molecular flexibility index (Phi) is 12.0. The van der Waals surface area contributed by atoms with Crippen molar-refractivity contribution in [3.05, 3.63) is 89.8 Å². The third kappa shape index (κ3) is 8.93. The Bertz CT molecular complexity index is 2150. The molecule has 1 radical (unpaired) electrons. The average Bonchev–Trinajstić information content (AvgIpc) is 3.07. The van der Waals surface area contributed by atoms with Crippen LogP contribution in [0.5, 0.6) is 11.5 Å². The zero-order valence-electron chi connectivity index (χ0n) is 34.1. The summed E-state index contributed by atoms with van der Waals surface area (Å²) in [6, 6.07) is 20.4. The van der Waals surface area contributed by atoms with Gasteiger partial charge in [-0.1, -0.05) is 122 Å². The largest absolute Gasteiger partial charge is 0.512 e. The van der Waals surface area contributed by atoms with Crippen molar-refractivity contribution in [2.24, 2.45) is 22.7 Å². The first kappa shape index (κ1) is 37.2. The molecule has 1 N–H and O–H groups in total. The molecule has 5 heteroatoms. The van der Waals surface area contributed by atoms with Gasteiger partial charge in [0, 0.05) is 55.3 Å². The van der Waals surface area contributed by atoms with Crippen LogP contribution in [-0.2, 0) is 37.7 Å². The minimum absolute atomic E-state index is 0. The molecule has 0 fully saturated rings. The second-order valence-corrected chi connectivity index (χ2v) is 16.3. The molecular weight excluding hydrogens is 807 g/mol. The van der Waals surface area contributed by atoms with Gasteiger partial charge in [0.05, 0.1) is 14.3 Å². The van der Waals surface area contributed by atoms with Crippen LogP contribution >= 0.6 is 0 Å². The third-order valence-electron chi connectivity index (χ3n) is 9.79. The van der Waals surface area contributed by atoms with Crippen molar-refractivity contribution in [3.8, 4) is 22.8 Å². The van der Waals surface area contributed by atoms with E-state index in [2.05, 4.69) is 95.1 Å². The van der Waals surface area contributed by atoms with E-state index >= 15 is 0 Å². The summed E-state index contributed by atoms with van der Waals surface area (Å²) in [5.41, 5.74) is 3.99. The van der Waals surface area contributed by atoms with Crippen molar-refractivity contribution in [2.45, 2.75) is 108 Å². The zero-order chi connectivity index (χ0) is 38.1. The summed E-state index contributed by atoms with van der Waals surface area (Å²) < 4.78 is 24.3. The van der Waals surface area contributed by atoms with E-state index in [9.17, 15) is 9.90 Å². The van der Waals surface area contributed by atoms with Gasteiger partial charge in [-0.25, -0.2) is 0 Å². The average molecular weight is 865 g/mol. The summed E-state index contributed by atoms with van der Waals surface area (Å²) in [7, 11) is 0. The van der Waals surface area contributed by atoms with E-state index in [-0.39, 0.29) is 66.5 Å². The maximum absolute atomic E-state index is 11.7. The number of ketones is 1. The Hall–Kier alpha value is -3.53. The Morgan fingerprint density at radius 2 is 1.49 bits per heavy atom. The number of hydrogen-bond donors (Lipinski definition) is 1. The Balaban J connectivity index is 0.000000335. The number of carbonyl (C=O) groups excluding carboxylic acids is 1. The van der Waals surface area contributed by atoms with Crippen LogP contribution < -0.4 is 4.74 Å².